The molecule has 0 saturated carbocycles. The van der Waals surface area contributed by atoms with Gasteiger partial charge in [-0.25, -0.2) is 0 Å². The molecule has 0 saturated heterocycles. The summed E-state index contributed by atoms with van der Waals surface area (Å²) in [5.74, 6) is 1.79. The van der Waals surface area contributed by atoms with Gasteiger partial charge in [0.2, 0.25) is 0 Å². The van der Waals surface area contributed by atoms with Crippen LogP contribution >= 0.6 is 12.6 Å². The van der Waals surface area contributed by atoms with Crippen molar-refractivity contribution in [1.82, 2.24) is 0 Å². The van der Waals surface area contributed by atoms with Gasteiger partial charge in [-0.1, -0.05) is 39.3 Å². The molecule has 0 aliphatic rings. The molecule has 1 aromatic carbocycles. The van der Waals surface area contributed by atoms with Gasteiger partial charge >= 0.3 is 0 Å². The molecule has 0 aliphatic carbocycles. The Bertz CT molecular complexity index is 303. The third-order valence-corrected chi connectivity index (χ3v) is 3.38. The largest absolute Gasteiger partial charge is 0.493 e. The van der Waals surface area contributed by atoms with E-state index in [0.29, 0.717) is 6.61 Å². The van der Waals surface area contributed by atoms with Gasteiger partial charge in [-0.15, -0.1) is 0 Å². The summed E-state index contributed by atoms with van der Waals surface area (Å²) in [5.41, 5.74) is 1.51. The molecule has 0 N–H and O–H groups in total. The van der Waals surface area contributed by atoms with E-state index >= 15 is 0 Å². The topological polar surface area (TPSA) is 9.23 Å². The summed E-state index contributed by atoms with van der Waals surface area (Å²) in [6, 6.07) is 8.40. The number of hydrogen-bond acceptors (Lipinski definition) is 2. The molecule has 0 bridgehead atoms. The Labute approximate surface area is 105 Å². The molecule has 0 amide bonds. The first kappa shape index (κ1) is 13.4. The molecule has 2 heteroatoms. The standard InChI is InChI=1S/C14H22OS/c1-4-5-12-6-8-13(9-7-12)15-10-14(2,3)11-16/h6-9,16H,4-5,10-11H2,1-3H3. The average Bonchev–Trinajstić information content (AvgIpc) is 2.29. The molecule has 1 nitrogen and oxygen atoms in total. The predicted molar refractivity (Wildman–Crippen MR) is 73.6 cm³/mol. The van der Waals surface area contributed by atoms with E-state index < -0.39 is 0 Å². The average molecular weight is 238 g/mol. The maximum Gasteiger partial charge on any atom is 0.119 e. The molecule has 0 heterocycles. The van der Waals surface area contributed by atoms with Crippen molar-refractivity contribution in [3.63, 3.8) is 0 Å². The van der Waals surface area contributed by atoms with E-state index in [2.05, 4.69) is 57.7 Å². The predicted octanol–water partition coefficient (Wildman–Crippen LogP) is 3.97. The summed E-state index contributed by atoms with van der Waals surface area (Å²) in [4.78, 5) is 0. The van der Waals surface area contributed by atoms with Crippen LogP contribution in [0, 0.1) is 5.41 Å². The summed E-state index contributed by atoms with van der Waals surface area (Å²) in [6.07, 6.45) is 2.33. The Hall–Kier alpha value is -0.630. The van der Waals surface area contributed by atoms with Crippen LogP contribution in [0.4, 0.5) is 0 Å². The molecule has 0 fully saturated rings. The second-order valence-electron chi connectivity index (χ2n) is 5.00. The molecular weight excluding hydrogens is 216 g/mol. The molecule has 0 spiro atoms. The lowest BCUT2D eigenvalue weighted by Gasteiger charge is -2.22. The fourth-order valence-electron chi connectivity index (χ4n) is 1.37. The quantitative estimate of drug-likeness (QED) is 0.738. The van der Waals surface area contributed by atoms with Gasteiger partial charge in [-0.3, -0.25) is 0 Å². The summed E-state index contributed by atoms with van der Waals surface area (Å²) >= 11 is 4.31. The van der Waals surface area contributed by atoms with Crippen LogP contribution in [0.2, 0.25) is 0 Å². The lowest BCUT2D eigenvalue weighted by molar-refractivity contribution is 0.202. The van der Waals surface area contributed by atoms with Crippen LogP contribution in [-0.2, 0) is 6.42 Å². The number of hydrogen-bond donors (Lipinski definition) is 1. The number of benzene rings is 1. The smallest absolute Gasteiger partial charge is 0.119 e. The van der Waals surface area contributed by atoms with Crippen molar-refractivity contribution >= 4 is 12.6 Å². The molecular formula is C14H22OS. The Morgan fingerprint density at radius 3 is 2.31 bits per heavy atom. The highest BCUT2D eigenvalue weighted by Gasteiger charge is 2.16. The molecule has 1 rings (SSSR count). The first-order chi connectivity index (χ1) is 7.57. The van der Waals surface area contributed by atoms with E-state index in [-0.39, 0.29) is 5.41 Å². The number of thiol groups is 1. The van der Waals surface area contributed by atoms with Crippen molar-refractivity contribution in [2.75, 3.05) is 12.4 Å². The zero-order valence-corrected chi connectivity index (χ0v) is 11.4. The first-order valence-corrected chi connectivity index (χ1v) is 6.53. The second kappa shape index (κ2) is 6.19. The molecule has 1 aromatic rings. The van der Waals surface area contributed by atoms with Crippen LogP contribution in [0.25, 0.3) is 0 Å². The SMILES string of the molecule is CCCc1ccc(OCC(C)(C)CS)cc1. The van der Waals surface area contributed by atoms with Crippen molar-refractivity contribution in [3.05, 3.63) is 29.8 Å². The maximum atomic E-state index is 5.75. The van der Waals surface area contributed by atoms with E-state index in [9.17, 15) is 0 Å². The monoisotopic (exact) mass is 238 g/mol. The summed E-state index contributed by atoms with van der Waals surface area (Å²) in [7, 11) is 0. The van der Waals surface area contributed by atoms with Crippen LogP contribution in [0.1, 0.15) is 32.8 Å². The Morgan fingerprint density at radius 1 is 1.19 bits per heavy atom. The Kier molecular flexibility index (Phi) is 5.20. The molecule has 16 heavy (non-hydrogen) atoms. The van der Waals surface area contributed by atoms with Gasteiger partial charge in [0, 0.05) is 5.41 Å². The fraction of sp³-hybridized carbons (Fsp3) is 0.571. The van der Waals surface area contributed by atoms with Crippen molar-refractivity contribution in [3.8, 4) is 5.75 Å². The minimum atomic E-state index is 0.130. The van der Waals surface area contributed by atoms with Crippen molar-refractivity contribution in [1.29, 1.82) is 0 Å². The van der Waals surface area contributed by atoms with Crippen LogP contribution in [0.15, 0.2) is 24.3 Å². The minimum Gasteiger partial charge on any atom is -0.493 e. The maximum absolute atomic E-state index is 5.75. The highest BCUT2D eigenvalue weighted by molar-refractivity contribution is 7.80. The lowest BCUT2D eigenvalue weighted by atomic mass is 9.98. The van der Waals surface area contributed by atoms with Gasteiger partial charge in [0.25, 0.3) is 0 Å². The van der Waals surface area contributed by atoms with E-state index in [0.717, 1.165) is 17.9 Å². The van der Waals surface area contributed by atoms with Crippen LogP contribution in [0.3, 0.4) is 0 Å². The molecule has 0 aliphatic heterocycles. The summed E-state index contributed by atoms with van der Waals surface area (Å²) in [5, 5.41) is 0. The fourth-order valence-corrected chi connectivity index (χ4v) is 1.46. The first-order valence-electron chi connectivity index (χ1n) is 5.90. The van der Waals surface area contributed by atoms with Gasteiger partial charge in [0.05, 0.1) is 6.61 Å². The molecule has 0 atom stereocenters. The normalized spacial score (nSPS) is 11.5. The van der Waals surface area contributed by atoms with Crippen molar-refractivity contribution < 1.29 is 4.74 Å². The lowest BCUT2D eigenvalue weighted by Crippen LogP contribution is -2.23. The van der Waals surface area contributed by atoms with Crippen LogP contribution < -0.4 is 4.74 Å². The number of ether oxygens (including phenoxy) is 1. The Balaban J connectivity index is 2.49. The van der Waals surface area contributed by atoms with Crippen LogP contribution in [-0.4, -0.2) is 12.4 Å². The third kappa shape index (κ3) is 4.48. The van der Waals surface area contributed by atoms with E-state index in [4.69, 9.17) is 4.74 Å². The van der Waals surface area contributed by atoms with E-state index in [1.807, 2.05) is 0 Å². The summed E-state index contributed by atoms with van der Waals surface area (Å²) < 4.78 is 5.75. The van der Waals surface area contributed by atoms with Gasteiger partial charge in [-0.05, 0) is 29.9 Å². The van der Waals surface area contributed by atoms with Gasteiger partial charge in [0.15, 0.2) is 0 Å². The second-order valence-corrected chi connectivity index (χ2v) is 5.32. The van der Waals surface area contributed by atoms with Crippen molar-refractivity contribution in [2.24, 2.45) is 5.41 Å². The van der Waals surface area contributed by atoms with Gasteiger partial charge in [-0.2, -0.15) is 12.6 Å². The molecule has 90 valence electrons. The van der Waals surface area contributed by atoms with Crippen LogP contribution in [0.5, 0.6) is 5.75 Å². The highest BCUT2D eigenvalue weighted by atomic mass is 32.1. The number of rotatable bonds is 6. The molecule has 0 unspecified atom stereocenters. The van der Waals surface area contributed by atoms with Gasteiger partial charge in [0.1, 0.15) is 5.75 Å². The van der Waals surface area contributed by atoms with E-state index in [1.54, 1.807) is 0 Å². The Morgan fingerprint density at radius 2 is 1.81 bits per heavy atom. The van der Waals surface area contributed by atoms with Gasteiger partial charge < -0.3 is 4.74 Å². The third-order valence-electron chi connectivity index (χ3n) is 2.52. The highest BCUT2D eigenvalue weighted by Crippen LogP contribution is 2.20. The molecule has 0 aromatic heterocycles. The van der Waals surface area contributed by atoms with E-state index in [1.165, 1.54) is 12.0 Å². The zero-order valence-electron chi connectivity index (χ0n) is 10.5. The summed E-state index contributed by atoms with van der Waals surface area (Å²) in [6.45, 7) is 7.22. The molecule has 0 radical (unpaired) electrons. The minimum absolute atomic E-state index is 0.130. The zero-order chi connectivity index (χ0) is 12.0. The number of aryl methyl sites for hydroxylation is 1. The van der Waals surface area contributed by atoms with Crippen molar-refractivity contribution in [2.45, 2.75) is 33.6 Å².